The Hall–Kier alpha value is -3.01. The number of carboxylic acids is 1. The highest BCUT2D eigenvalue weighted by Crippen LogP contribution is 2.28. The van der Waals surface area contributed by atoms with Crippen LogP contribution in [0.1, 0.15) is 42.4 Å². The van der Waals surface area contributed by atoms with Crippen molar-refractivity contribution in [3.05, 3.63) is 57.5 Å². The summed E-state index contributed by atoms with van der Waals surface area (Å²) in [5.41, 5.74) is 2.72. The molecular weight excluding hydrogens is 328 g/mol. The summed E-state index contributed by atoms with van der Waals surface area (Å²) in [6.45, 7) is 9.46. The molecule has 136 valence electrons. The summed E-state index contributed by atoms with van der Waals surface area (Å²) in [5.74, 6) is -0.801. The van der Waals surface area contributed by atoms with Gasteiger partial charge >= 0.3 is 5.97 Å². The van der Waals surface area contributed by atoms with Gasteiger partial charge in [-0.3, -0.25) is 4.79 Å². The third-order valence-corrected chi connectivity index (χ3v) is 4.47. The monoisotopic (exact) mass is 352 g/mol. The Kier molecular flexibility index (Phi) is 6.23. The smallest absolute Gasteiger partial charge is 0.303 e. The van der Waals surface area contributed by atoms with Crippen molar-refractivity contribution in [1.29, 1.82) is 0 Å². The normalized spacial score (nSPS) is 11.5. The van der Waals surface area contributed by atoms with Crippen LogP contribution in [-0.2, 0) is 4.79 Å². The predicted octanol–water partition coefficient (Wildman–Crippen LogP) is 3.41. The molecule has 0 heterocycles. The van der Waals surface area contributed by atoms with Crippen LogP contribution in [0, 0.1) is 6.92 Å². The van der Waals surface area contributed by atoms with Crippen LogP contribution in [0.3, 0.4) is 0 Å². The van der Waals surface area contributed by atoms with E-state index in [9.17, 15) is 15.0 Å². The molecule has 0 aliphatic rings. The van der Waals surface area contributed by atoms with Crippen LogP contribution in [0.15, 0.2) is 30.3 Å². The van der Waals surface area contributed by atoms with Crippen LogP contribution in [0.5, 0.6) is 11.5 Å². The van der Waals surface area contributed by atoms with Gasteiger partial charge in [0, 0.05) is 28.0 Å². The van der Waals surface area contributed by atoms with Gasteiger partial charge in [0.2, 0.25) is 0 Å². The van der Waals surface area contributed by atoms with Gasteiger partial charge in [0.1, 0.15) is 11.5 Å². The highest BCUT2D eigenvalue weighted by Gasteiger charge is 2.15. The molecule has 0 saturated carbocycles. The van der Waals surface area contributed by atoms with E-state index in [1.807, 2.05) is 36.4 Å². The quantitative estimate of drug-likeness (QED) is 0.405. The molecule has 3 N–H and O–H groups in total. The van der Waals surface area contributed by atoms with Crippen molar-refractivity contribution in [1.82, 2.24) is 0 Å². The maximum absolute atomic E-state index is 10.7. The van der Waals surface area contributed by atoms with Crippen LogP contribution >= 0.6 is 0 Å². The fourth-order valence-corrected chi connectivity index (χ4v) is 2.92. The Balaban J connectivity index is 2.51. The summed E-state index contributed by atoms with van der Waals surface area (Å²) in [6, 6.07) is 9.63. The molecule has 0 aliphatic heterocycles. The molecule has 0 amide bonds. The van der Waals surface area contributed by atoms with Gasteiger partial charge in [-0.2, -0.15) is 0 Å². The Morgan fingerprint density at radius 2 is 1.62 bits per heavy atom. The molecule has 0 saturated heterocycles. The minimum atomic E-state index is -0.827. The summed E-state index contributed by atoms with van der Waals surface area (Å²) in [7, 11) is 0. The number of phenolic OH excluding ortho intramolecular Hbond substituents is 2. The Labute approximate surface area is 153 Å². The van der Waals surface area contributed by atoms with Crippen LogP contribution in [-0.4, -0.2) is 21.3 Å². The van der Waals surface area contributed by atoms with Gasteiger partial charge in [0.05, 0.1) is 0 Å². The molecule has 4 nitrogen and oxygen atoms in total. The second-order valence-electron chi connectivity index (χ2n) is 6.34. The van der Waals surface area contributed by atoms with E-state index in [1.165, 1.54) is 0 Å². The van der Waals surface area contributed by atoms with Crippen molar-refractivity contribution < 1.29 is 20.1 Å². The van der Waals surface area contributed by atoms with Crippen molar-refractivity contribution in [2.75, 3.05) is 0 Å². The van der Waals surface area contributed by atoms with Crippen LogP contribution in [0.4, 0.5) is 0 Å². The number of aliphatic carboxylic acids is 1. The number of unbranched alkanes of at least 4 members (excludes halogenated alkanes) is 1. The molecule has 0 fully saturated rings. The van der Waals surface area contributed by atoms with E-state index in [2.05, 4.69) is 13.2 Å². The summed E-state index contributed by atoms with van der Waals surface area (Å²) < 4.78 is 0. The Morgan fingerprint density at radius 1 is 1.00 bits per heavy atom. The third kappa shape index (κ3) is 4.33. The Bertz CT molecular complexity index is 927. The van der Waals surface area contributed by atoms with E-state index in [-0.39, 0.29) is 17.9 Å². The number of hydrogen-bond donors (Lipinski definition) is 3. The lowest BCUT2D eigenvalue weighted by Gasteiger charge is -2.14. The predicted molar refractivity (Wildman–Crippen MR) is 105 cm³/mol. The molecule has 2 aromatic rings. The van der Waals surface area contributed by atoms with Gasteiger partial charge in [-0.25, -0.2) is 0 Å². The number of aromatic hydroxyl groups is 2. The lowest BCUT2D eigenvalue weighted by molar-refractivity contribution is -0.137. The van der Waals surface area contributed by atoms with Crippen LogP contribution < -0.4 is 10.4 Å². The highest BCUT2D eigenvalue weighted by molar-refractivity contribution is 5.85. The zero-order chi connectivity index (χ0) is 19.3. The SMILES string of the molecule is C=c1c(C)c(O)c(=C)c(C(=Cc2ccccc2)CCCCC(=O)O)c1O. The number of rotatable bonds is 7. The molecule has 4 heteroatoms. The molecule has 0 bridgehead atoms. The molecule has 0 radical (unpaired) electrons. The molecule has 26 heavy (non-hydrogen) atoms. The maximum atomic E-state index is 10.7. The van der Waals surface area contributed by atoms with Crippen molar-refractivity contribution in [3.8, 4) is 11.5 Å². The van der Waals surface area contributed by atoms with E-state index in [4.69, 9.17) is 5.11 Å². The molecule has 0 aliphatic carbocycles. The lowest BCUT2D eigenvalue weighted by atomic mass is 9.92. The van der Waals surface area contributed by atoms with Crippen molar-refractivity contribution in [2.45, 2.75) is 32.6 Å². The molecule has 0 unspecified atom stereocenters. The molecule has 0 spiro atoms. The second-order valence-corrected chi connectivity index (χ2v) is 6.34. The van der Waals surface area contributed by atoms with Gasteiger partial charge in [0.15, 0.2) is 0 Å². The number of benzene rings is 2. The van der Waals surface area contributed by atoms with Gasteiger partial charge in [-0.1, -0.05) is 49.6 Å². The van der Waals surface area contributed by atoms with Crippen molar-refractivity contribution >= 4 is 30.8 Å². The van der Waals surface area contributed by atoms with Crippen LogP contribution in [0.2, 0.25) is 0 Å². The minimum Gasteiger partial charge on any atom is -0.507 e. The minimum absolute atomic E-state index is 0.00529. The number of phenols is 2. The fourth-order valence-electron chi connectivity index (χ4n) is 2.92. The molecule has 2 aromatic carbocycles. The average Bonchev–Trinajstić information content (AvgIpc) is 2.62. The van der Waals surface area contributed by atoms with Gasteiger partial charge in [-0.05, 0) is 37.3 Å². The first kappa shape index (κ1) is 19.3. The number of carbonyl (C=O) groups is 1. The number of carboxylic acid groups (broad SMARTS) is 1. The lowest BCUT2D eigenvalue weighted by Crippen LogP contribution is -2.18. The zero-order valence-corrected chi connectivity index (χ0v) is 15.0. The summed E-state index contributed by atoms with van der Waals surface area (Å²) in [4.78, 5) is 10.7. The third-order valence-electron chi connectivity index (χ3n) is 4.47. The van der Waals surface area contributed by atoms with E-state index < -0.39 is 5.97 Å². The first-order valence-electron chi connectivity index (χ1n) is 8.53. The van der Waals surface area contributed by atoms with Gasteiger partial charge < -0.3 is 15.3 Å². The topological polar surface area (TPSA) is 77.8 Å². The fraction of sp³-hybridized carbons (Fsp3) is 0.227. The maximum Gasteiger partial charge on any atom is 0.303 e. The molecule has 0 aromatic heterocycles. The molecule has 0 atom stereocenters. The summed E-state index contributed by atoms with van der Waals surface area (Å²) >= 11 is 0. The van der Waals surface area contributed by atoms with E-state index >= 15 is 0 Å². The molecule has 2 rings (SSSR count). The van der Waals surface area contributed by atoms with Gasteiger partial charge in [-0.15, -0.1) is 0 Å². The van der Waals surface area contributed by atoms with E-state index in [1.54, 1.807) is 6.92 Å². The first-order chi connectivity index (χ1) is 12.3. The van der Waals surface area contributed by atoms with Gasteiger partial charge in [0.25, 0.3) is 0 Å². The standard InChI is InChI=1S/C22H24O4/c1-14-15(2)22(26)20(16(3)21(14)25)18(11-7-8-12-19(23)24)13-17-9-5-4-6-10-17/h4-6,9-10,13,25-26H,2-3,7-8,11-12H2,1H3,(H,23,24). The van der Waals surface area contributed by atoms with Crippen molar-refractivity contribution in [3.63, 3.8) is 0 Å². The largest absolute Gasteiger partial charge is 0.507 e. The number of allylic oxidation sites excluding steroid dienone is 1. The summed E-state index contributed by atoms with van der Waals surface area (Å²) in [5, 5.41) is 30.5. The number of hydrogen-bond acceptors (Lipinski definition) is 3. The average molecular weight is 352 g/mol. The zero-order valence-electron chi connectivity index (χ0n) is 15.0. The highest BCUT2D eigenvalue weighted by atomic mass is 16.4. The molecular formula is C22H24O4. The van der Waals surface area contributed by atoms with Crippen LogP contribution in [0.25, 0.3) is 24.8 Å². The second kappa shape index (κ2) is 8.39. The first-order valence-corrected chi connectivity index (χ1v) is 8.53. The van der Waals surface area contributed by atoms with E-state index in [0.29, 0.717) is 40.8 Å². The summed E-state index contributed by atoms with van der Waals surface area (Å²) in [6.07, 6.45) is 3.76. The Morgan fingerprint density at radius 3 is 2.23 bits per heavy atom. The van der Waals surface area contributed by atoms with Crippen molar-refractivity contribution in [2.24, 2.45) is 0 Å². The van der Waals surface area contributed by atoms with E-state index in [0.717, 1.165) is 11.1 Å².